The zero-order chi connectivity index (χ0) is 12.5. The molecule has 0 amide bonds. The van der Waals surface area contributed by atoms with Gasteiger partial charge in [0.05, 0.1) is 5.60 Å². The van der Waals surface area contributed by atoms with Crippen LogP contribution in [-0.4, -0.2) is 26.0 Å². The fraction of sp³-hybridized carbons (Fsp3) is 0.667. The van der Waals surface area contributed by atoms with Crippen molar-refractivity contribution < 1.29 is 5.11 Å². The van der Waals surface area contributed by atoms with E-state index in [-0.39, 0.29) is 5.56 Å². The molecule has 0 atom stereocenters. The van der Waals surface area contributed by atoms with E-state index in [1.807, 2.05) is 6.20 Å². The maximum atomic E-state index is 11.3. The van der Waals surface area contributed by atoms with Gasteiger partial charge in [0.25, 0.3) is 5.56 Å². The average Bonchev–Trinajstić information content (AvgIpc) is 2.99. The molecule has 17 heavy (non-hydrogen) atoms. The lowest BCUT2D eigenvalue weighted by Gasteiger charge is -2.17. The van der Waals surface area contributed by atoms with Crippen LogP contribution in [0.3, 0.4) is 0 Å². The van der Waals surface area contributed by atoms with Gasteiger partial charge < -0.3 is 9.67 Å². The Bertz CT molecular complexity index is 447. The molecule has 0 aliphatic heterocycles. The first-order valence-electron chi connectivity index (χ1n) is 5.90. The van der Waals surface area contributed by atoms with Crippen LogP contribution in [0.15, 0.2) is 22.2 Å². The first-order valence-corrected chi connectivity index (χ1v) is 6.89. The summed E-state index contributed by atoms with van der Waals surface area (Å²) in [6, 6.07) is 2.03. The van der Waals surface area contributed by atoms with Gasteiger partial charge in [-0.25, -0.2) is 0 Å². The van der Waals surface area contributed by atoms with Crippen LogP contribution in [0.25, 0.3) is 0 Å². The Labute approximate surface area is 105 Å². The lowest BCUT2D eigenvalue weighted by Crippen LogP contribution is -2.19. The zero-order valence-electron chi connectivity index (χ0n) is 10.2. The predicted octanol–water partition coefficient (Wildman–Crippen LogP) is 1.83. The minimum Gasteiger partial charge on any atom is -0.390 e. The van der Waals surface area contributed by atoms with Crippen LogP contribution in [0.2, 0.25) is 0 Å². The van der Waals surface area contributed by atoms with Crippen molar-refractivity contribution in [3.63, 3.8) is 0 Å². The van der Waals surface area contributed by atoms with Gasteiger partial charge in [0.15, 0.2) is 5.16 Å². The molecular weight excluding hydrogens is 236 g/mol. The summed E-state index contributed by atoms with van der Waals surface area (Å²) in [6.45, 7) is 3.58. The highest BCUT2D eigenvalue weighted by Crippen LogP contribution is 2.37. The van der Waals surface area contributed by atoms with E-state index < -0.39 is 5.60 Å². The molecule has 1 aromatic heterocycles. The lowest BCUT2D eigenvalue weighted by molar-refractivity contribution is 0.0777. The number of hydrogen-bond acceptors (Lipinski definition) is 4. The summed E-state index contributed by atoms with van der Waals surface area (Å²) < 4.78 is 2.08. The van der Waals surface area contributed by atoms with Gasteiger partial charge in [0, 0.05) is 24.1 Å². The van der Waals surface area contributed by atoms with Crippen molar-refractivity contribution in [2.45, 2.75) is 49.9 Å². The van der Waals surface area contributed by atoms with Gasteiger partial charge >= 0.3 is 0 Å². The maximum absolute atomic E-state index is 11.3. The van der Waals surface area contributed by atoms with Crippen LogP contribution < -0.4 is 5.56 Å². The molecular formula is C12H18N2O2S. The minimum atomic E-state index is -0.660. The molecule has 1 fully saturated rings. The largest absolute Gasteiger partial charge is 0.390 e. The highest BCUT2D eigenvalue weighted by atomic mass is 32.2. The molecule has 1 aromatic rings. The van der Waals surface area contributed by atoms with E-state index in [0.717, 1.165) is 10.9 Å². The van der Waals surface area contributed by atoms with Crippen molar-refractivity contribution in [2.75, 3.05) is 5.75 Å². The Morgan fingerprint density at radius 3 is 2.88 bits per heavy atom. The number of rotatable bonds is 5. The fourth-order valence-electron chi connectivity index (χ4n) is 1.53. The van der Waals surface area contributed by atoms with Gasteiger partial charge in [-0.15, -0.1) is 0 Å². The molecule has 1 aliphatic carbocycles. The van der Waals surface area contributed by atoms with Gasteiger partial charge in [0.1, 0.15) is 0 Å². The third kappa shape index (κ3) is 3.85. The molecule has 1 heterocycles. The number of hydrogen-bond donors (Lipinski definition) is 1. The molecule has 2 rings (SSSR count). The fourth-order valence-corrected chi connectivity index (χ4v) is 2.82. The van der Waals surface area contributed by atoms with Crippen molar-refractivity contribution in [1.82, 2.24) is 9.55 Å². The van der Waals surface area contributed by atoms with Crippen LogP contribution >= 0.6 is 11.8 Å². The van der Waals surface area contributed by atoms with Crippen LogP contribution in [0.4, 0.5) is 0 Å². The van der Waals surface area contributed by atoms with E-state index in [1.165, 1.54) is 18.9 Å². The molecule has 5 heteroatoms. The SMILES string of the molecule is CC(C)(O)CCSc1nc(=O)ccn1C1CC1. The van der Waals surface area contributed by atoms with Crippen LogP contribution in [0.1, 0.15) is 39.2 Å². The second kappa shape index (κ2) is 4.82. The normalized spacial score (nSPS) is 16.2. The molecule has 0 spiro atoms. The van der Waals surface area contributed by atoms with Gasteiger partial charge in [0.2, 0.25) is 0 Å². The molecule has 0 saturated heterocycles. The highest BCUT2D eigenvalue weighted by molar-refractivity contribution is 7.99. The van der Waals surface area contributed by atoms with E-state index in [9.17, 15) is 9.90 Å². The average molecular weight is 254 g/mol. The molecule has 0 unspecified atom stereocenters. The number of thioether (sulfide) groups is 1. The second-order valence-corrected chi connectivity index (χ2v) is 6.16. The number of aromatic nitrogens is 2. The summed E-state index contributed by atoms with van der Waals surface area (Å²) in [5.41, 5.74) is -0.848. The lowest BCUT2D eigenvalue weighted by atomic mass is 10.1. The monoisotopic (exact) mass is 254 g/mol. The summed E-state index contributed by atoms with van der Waals surface area (Å²) >= 11 is 1.55. The standard InChI is InChI=1S/C12H18N2O2S/c1-12(2,16)6-8-17-11-13-10(15)5-7-14(11)9-3-4-9/h5,7,9,16H,3-4,6,8H2,1-2H3. The van der Waals surface area contributed by atoms with E-state index in [1.54, 1.807) is 25.6 Å². The first-order chi connectivity index (χ1) is 7.96. The Hall–Kier alpha value is -0.810. The smallest absolute Gasteiger partial charge is 0.273 e. The van der Waals surface area contributed by atoms with Crippen LogP contribution in [-0.2, 0) is 0 Å². The van der Waals surface area contributed by atoms with Gasteiger partial charge in [-0.3, -0.25) is 4.79 Å². The molecule has 1 N–H and O–H groups in total. The highest BCUT2D eigenvalue weighted by Gasteiger charge is 2.25. The van der Waals surface area contributed by atoms with Gasteiger partial charge in [-0.2, -0.15) is 4.98 Å². The van der Waals surface area contributed by atoms with E-state index in [2.05, 4.69) is 9.55 Å². The van der Waals surface area contributed by atoms with Crippen molar-refractivity contribution >= 4 is 11.8 Å². The summed E-state index contributed by atoms with van der Waals surface area (Å²) in [6.07, 6.45) is 4.86. The van der Waals surface area contributed by atoms with Crippen molar-refractivity contribution in [3.8, 4) is 0 Å². The maximum Gasteiger partial charge on any atom is 0.273 e. The summed E-state index contributed by atoms with van der Waals surface area (Å²) in [5.74, 6) is 0.771. The third-order valence-electron chi connectivity index (χ3n) is 2.69. The Balaban J connectivity index is 2.03. The summed E-state index contributed by atoms with van der Waals surface area (Å²) in [5, 5.41) is 10.4. The predicted molar refractivity (Wildman–Crippen MR) is 68.4 cm³/mol. The van der Waals surface area contributed by atoms with Gasteiger partial charge in [-0.1, -0.05) is 11.8 Å². The molecule has 0 bridgehead atoms. The molecule has 1 saturated carbocycles. The van der Waals surface area contributed by atoms with Crippen LogP contribution in [0.5, 0.6) is 0 Å². The zero-order valence-corrected chi connectivity index (χ0v) is 11.0. The van der Waals surface area contributed by atoms with Crippen molar-refractivity contribution in [2.24, 2.45) is 0 Å². The quantitative estimate of drug-likeness (QED) is 0.643. The molecule has 1 aliphatic rings. The molecule has 94 valence electrons. The number of nitrogens with zero attached hydrogens (tertiary/aromatic N) is 2. The van der Waals surface area contributed by atoms with E-state index >= 15 is 0 Å². The molecule has 4 nitrogen and oxygen atoms in total. The van der Waals surface area contributed by atoms with E-state index in [4.69, 9.17) is 0 Å². The van der Waals surface area contributed by atoms with Crippen molar-refractivity contribution in [3.05, 3.63) is 22.6 Å². The van der Waals surface area contributed by atoms with Gasteiger partial charge in [-0.05, 0) is 33.1 Å². The summed E-state index contributed by atoms with van der Waals surface area (Å²) in [7, 11) is 0. The Morgan fingerprint density at radius 2 is 2.29 bits per heavy atom. The number of aliphatic hydroxyl groups is 1. The Kier molecular flexibility index (Phi) is 3.58. The van der Waals surface area contributed by atoms with Crippen LogP contribution in [0, 0.1) is 0 Å². The Morgan fingerprint density at radius 1 is 1.59 bits per heavy atom. The topological polar surface area (TPSA) is 55.1 Å². The minimum absolute atomic E-state index is 0.187. The van der Waals surface area contributed by atoms with Crippen molar-refractivity contribution in [1.29, 1.82) is 0 Å². The second-order valence-electron chi connectivity index (χ2n) is 5.10. The molecule has 0 aromatic carbocycles. The van der Waals surface area contributed by atoms with E-state index in [0.29, 0.717) is 12.5 Å². The summed E-state index contributed by atoms with van der Waals surface area (Å²) in [4.78, 5) is 15.3. The molecule has 0 radical (unpaired) electrons. The first kappa shape index (κ1) is 12.6. The third-order valence-corrected chi connectivity index (χ3v) is 3.66.